The molecule has 0 saturated heterocycles. The van der Waals surface area contributed by atoms with Crippen LogP contribution in [0.3, 0.4) is 0 Å². The van der Waals surface area contributed by atoms with Gasteiger partial charge < -0.3 is 4.74 Å². The summed E-state index contributed by atoms with van der Waals surface area (Å²) in [6.45, 7) is 4.22. The molecule has 0 aromatic carbocycles. The molecule has 1 aromatic heterocycles. The third-order valence-electron chi connectivity index (χ3n) is 2.25. The van der Waals surface area contributed by atoms with E-state index >= 15 is 0 Å². The van der Waals surface area contributed by atoms with Gasteiger partial charge in [-0.15, -0.1) is 0 Å². The molecule has 0 N–H and O–H groups in total. The van der Waals surface area contributed by atoms with Crippen molar-refractivity contribution in [3.05, 3.63) is 22.4 Å². The highest BCUT2D eigenvalue weighted by molar-refractivity contribution is 9.10. The van der Waals surface area contributed by atoms with Gasteiger partial charge in [0.25, 0.3) is 0 Å². The summed E-state index contributed by atoms with van der Waals surface area (Å²) >= 11 is 3.35. The van der Waals surface area contributed by atoms with Crippen LogP contribution >= 0.6 is 15.9 Å². The van der Waals surface area contributed by atoms with Gasteiger partial charge >= 0.3 is 0 Å². The number of rotatable bonds is 0. The highest BCUT2D eigenvalue weighted by Crippen LogP contribution is 2.32. The summed E-state index contributed by atoms with van der Waals surface area (Å²) in [5.74, 6) is 0.930. The minimum Gasteiger partial charge on any atom is -0.486 e. The Hall–Kier alpha value is -0.570. The summed E-state index contributed by atoms with van der Waals surface area (Å²) in [5.41, 5.74) is 1.02. The minimum absolute atomic E-state index is 0.0392. The van der Waals surface area contributed by atoms with E-state index in [1.54, 1.807) is 0 Å². The lowest BCUT2D eigenvalue weighted by Gasteiger charge is -2.31. The second kappa shape index (κ2) is 2.98. The third-order valence-corrected chi connectivity index (χ3v) is 2.69. The molecule has 0 unspecified atom stereocenters. The Labute approximate surface area is 86.5 Å². The summed E-state index contributed by atoms with van der Waals surface area (Å²) in [4.78, 5) is 4.37. The van der Waals surface area contributed by atoms with Crippen molar-refractivity contribution in [1.82, 2.24) is 4.98 Å². The van der Waals surface area contributed by atoms with E-state index in [2.05, 4.69) is 34.8 Å². The van der Waals surface area contributed by atoms with Crippen molar-refractivity contribution in [3.8, 4) is 5.75 Å². The van der Waals surface area contributed by atoms with Gasteiger partial charge in [-0.1, -0.05) is 0 Å². The fraction of sp³-hybridized carbons (Fsp3) is 0.500. The molecule has 2 heterocycles. The zero-order valence-corrected chi connectivity index (χ0v) is 9.39. The Morgan fingerprint density at radius 2 is 2.23 bits per heavy atom. The monoisotopic (exact) mass is 241 g/mol. The van der Waals surface area contributed by atoms with Crippen LogP contribution in [0, 0.1) is 0 Å². The van der Waals surface area contributed by atoms with Crippen molar-refractivity contribution >= 4 is 15.9 Å². The lowest BCUT2D eigenvalue weighted by molar-refractivity contribution is 0.0829. The second-order valence-corrected chi connectivity index (χ2v) is 4.75. The zero-order chi connectivity index (χ0) is 9.47. The number of halogens is 1. The highest BCUT2D eigenvalue weighted by atomic mass is 79.9. The molecular weight excluding hydrogens is 230 g/mol. The molecule has 0 fully saturated rings. The zero-order valence-electron chi connectivity index (χ0n) is 7.80. The number of fused-ring (bicyclic) bond motifs is 1. The predicted octanol–water partition coefficient (Wildman–Crippen LogP) is 2.95. The van der Waals surface area contributed by atoms with E-state index in [9.17, 15) is 0 Å². The molecule has 1 aromatic rings. The Balaban J connectivity index is 2.37. The van der Waals surface area contributed by atoms with E-state index in [4.69, 9.17) is 4.74 Å². The van der Waals surface area contributed by atoms with E-state index < -0.39 is 0 Å². The predicted molar refractivity (Wildman–Crippen MR) is 55.0 cm³/mol. The van der Waals surface area contributed by atoms with Gasteiger partial charge in [-0.25, -0.2) is 4.98 Å². The number of ether oxygens (including phenoxy) is 1. The van der Waals surface area contributed by atoms with E-state index in [-0.39, 0.29) is 5.60 Å². The summed E-state index contributed by atoms with van der Waals surface area (Å²) in [7, 11) is 0. The highest BCUT2D eigenvalue weighted by Gasteiger charge is 2.27. The average molecular weight is 242 g/mol. The van der Waals surface area contributed by atoms with Crippen molar-refractivity contribution in [2.45, 2.75) is 32.3 Å². The molecule has 0 amide bonds. The van der Waals surface area contributed by atoms with E-state index in [1.165, 1.54) is 0 Å². The first-order chi connectivity index (χ1) is 6.07. The Morgan fingerprint density at radius 1 is 1.46 bits per heavy atom. The van der Waals surface area contributed by atoms with E-state index in [1.807, 2.05) is 12.1 Å². The summed E-state index contributed by atoms with van der Waals surface area (Å²) < 4.78 is 6.67. The van der Waals surface area contributed by atoms with E-state index in [0.29, 0.717) is 0 Å². The smallest absolute Gasteiger partial charge is 0.141 e. The quantitative estimate of drug-likeness (QED) is 0.652. The molecule has 2 rings (SSSR count). The molecule has 70 valence electrons. The molecule has 1 aliphatic heterocycles. The molecule has 1 aliphatic rings. The lowest BCUT2D eigenvalue weighted by Crippen LogP contribution is -2.32. The van der Waals surface area contributed by atoms with Crippen molar-refractivity contribution in [1.29, 1.82) is 0 Å². The minimum atomic E-state index is -0.0392. The van der Waals surface area contributed by atoms with Gasteiger partial charge in [0.05, 0.1) is 5.69 Å². The Bertz CT molecular complexity index is 336. The fourth-order valence-corrected chi connectivity index (χ4v) is 1.85. The molecule has 0 spiro atoms. The Morgan fingerprint density at radius 3 is 3.00 bits per heavy atom. The maximum atomic E-state index is 5.79. The average Bonchev–Trinajstić information content (AvgIpc) is 2.05. The molecule has 13 heavy (non-hydrogen) atoms. The molecule has 0 atom stereocenters. The van der Waals surface area contributed by atoms with Crippen LogP contribution in [0.4, 0.5) is 0 Å². The normalized spacial score (nSPS) is 19.0. The first-order valence-electron chi connectivity index (χ1n) is 4.41. The first-order valence-corrected chi connectivity index (χ1v) is 5.21. The van der Waals surface area contributed by atoms with Crippen LogP contribution in [-0.4, -0.2) is 10.6 Å². The molecule has 0 bridgehead atoms. The van der Waals surface area contributed by atoms with Crippen molar-refractivity contribution in [2.24, 2.45) is 0 Å². The molecular formula is C10H12BrNO. The second-order valence-electron chi connectivity index (χ2n) is 3.94. The molecule has 0 radical (unpaired) electrons. The topological polar surface area (TPSA) is 22.1 Å². The van der Waals surface area contributed by atoms with Crippen molar-refractivity contribution in [2.75, 3.05) is 0 Å². The summed E-state index contributed by atoms with van der Waals surface area (Å²) in [5, 5.41) is 0. The molecule has 0 saturated carbocycles. The SMILES string of the molecule is CC1(C)CCc2nc(Br)ccc2O1. The number of hydrogen-bond acceptors (Lipinski definition) is 2. The maximum absolute atomic E-state index is 5.79. The van der Waals surface area contributed by atoms with Crippen LogP contribution in [0.25, 0.3) is 0 Å². The van der Waals surface area contributed by atoms with Gasteiger partial charge in [0.1, 0.15) is 16.0 Å². The van der Waals surface area contributed by atoms with Gasteiger partial charge in [0, 0.05) is 0 Å². The van der Waals surface area contributed by atoms with Crippen molar-refractivity contribution < 1.29 is 4.74 Å². The number of pyridine rings is 1. The summed E-state index contributed by atoms with van der Waals surface area (Å²) in [6, 6.07) is 3.90. The Kier molecular flexibility index (Phi) is 2.06. The van der Waals surface area contributed by atoms with Crippen LogP contribution < -0.4 is 4.74 Å². The van der Waals surface area contributed by atoms with Gasteiger partial charge in [-0.3, -0.25) is 0 Å². The van der Waals surface area contributed by atoms with Crippen LogP contribution in [0.2, 0.25) is 0 Å². The van der Waals surface area contributed by atoms with Crippen LogP contribution in [0.5, 0.6) is 5.75 Å². The largest absolute Gasteiger partial charge is 0.486 e. The lowest BCUT2D eigenvalue weighted by atomic mass is 9.97. The number of hydrogen-bond donors (Lipinski definition) is 0. The van der Waals surface area contributed by atoms with Gasteiger partial charge in [-0.05, 0) is 54.8 Å². The van der Waals surface area contributed by atoms with Crippen molar-refractivity contribution in [3.63, 3.8) is 0 Å². The first kappa shape index (κ1) is 9.00. The molecule has 3 heteroatoms. The maximum Gasteiger partial charge on any atom is 0.141 e. The van der Waals surface area contributed by atoms with Gasteiger partial charge in [-0.2, -0.15) is 0 Å². The van der Waals surface area contributed by atoms with Crippen LogP contribution in [0.1, 0.15) is 26.0 Å². The number of aromatic nitrogens is 1. The molecule has 0 aliphatic carbocycles. The fourth-order valence-electron chi connectivity index (χ4n) is 1.50. The third kappa shape index (κ3) is 1.85. The van der Waals surface area contributed by atoms with Gasteiger partial charge in [0.15, 0.2) is 0 Å². The van der Waals surface area contributed by atoms with E-state index in [0.717, 1.165) is 28.9 Å². The number of aryl methyl sites for hydroxylation is 1. The van der Waals surface area contributed by atoms with Crippen LogP contribution in [0.15, 0.2) is 16.7 Å². The standard InChI is InChI=1S/C10H12BrNO/c1-10(2)6-5-7-8(13-10)3-4-9(11)12-7/h3-4H,5-6H2,1-2H3. The van der Waals surface area contributed by atoms with Gasteiger partial charge in [0.2, 0.25) is 0 Å². The molecule has 2 nitrogen and oxygen atoms in total. The number of nitrogens with zero attached hydrogens (tertiary/aromatic N) is 1. The van der Waals surface area contributed by atoms with Crippen LogP contribution in [-0.2, 0) is 6.42 Å². The summed E-state index contributed by atoms with van der Waals surface area (Å²) in [6.07, 6.45) is 2.03.